The summed E-state index contributed by atoms with van der Waals surface area (Å²) in [6.45, 7) is 6.33. The third-order valence-electron chi connectivity index (χ3n) is 5.64. The first kappa shape index (κ1) is 17.2. The average molecular weight is 330 g/mol. The number of carbonyl (C=O) groups is 1. The number of pyridine rings is 1. The third-order valence-corrected chi connectivity index (χ3v) is 5.64. The Bertz CT molecular complexity index is 615. The number of likely N-dealkylation sites (N-methyl/N-ethyl adjacent to an activating group) is 2. The lowest BCUT2D eigenvalue weighted by Gasteiger charge is -2.39. The van der Waals surface area contributed by atoms with Crippen molar-refractivity contribution in [3.63, 3.8) is 0 Å². The topological polar surface area (TPSA) is 39.7 Å². The molecule has 0 aliphatic carbocycles. The molecule has 3 heterocycles. The molecular weight excluding hydrogens is 300 g/mol. The molecule has 3 rings (SSSR count). The van der Waals surface area contributed by atoms with Gasteiger partial charge in [0.2, 0.25) is 5.91 Å². The van der Waals surface area contributed by atoms with Crippen LogP contribution in [0.2, 0.25) is 0 Å². The molecular formula is C19H30N4O. The number of aromatic nitrogens is 1. The van der Waals surface area contributed by atoms with Gasteiger partial charge in [0.15, 0.2) is 0 Å². The average Bonchev–Trinajstić information content (AvgIpc) is 2.87. The molecule has 0 bridgehead atoms. The van der Waals surface area contributed by atoms with Crippen LogP contribution in [0.25, 0.3) is 0 Å². The van der Waals surface area contributed by atoms with Gasteiger partial charge in [-0.15, -0.1) is 0 Å². The molecule has 5 nitrogen and oxygen atoms in total. The van der Waals surface area contributed by atoms with E-state index < -0.39 is 0 Å². The largest absolute Gasteiger partial charge is 0.359 e. The first-order valence-corrected chi connectivity index (χ1v) is 9.06. The highest BCUT2D eigenvalue weighted by Gasteiger charge is 2.33. The van der Waals surface area contributed by atoms with Crippen LogP contribution in [-0.4, -0.2) is 61.0 Å². The standard InChI is InChI=1S/C19H30N4O/c1-13(2)16-8-7-15-17(10-11-21(3)19(15)20-16)22(4)12-14-6-9-18(24)23(14)5/h7-8,13-14,17H,6,9-12H2,1-5H3/t14-,17?/m0/s1. The van der Waals surface area contributed by atoms with Crippen molar-refractivity contribution in [2.45, 2.75) is 51.1 Å². The van der Waals surface area contributed by atoms with Crippen LogP contribution >= 0.6 is 0 Å². The van der Waals surface area contributed by atoms with Gasteiger partial charge in [-0.25, -0.2) is 4.98 Å². The Balaban J connectivity index is 1.80. The Hall–Kier alpha value is -1.62. The molecule has 132 valence electrons. The summed E-state index contributed by atoms with van der Waals surface area (Å²) in [5.74, 6) is 1.85. The molecule has 0 saturated carbocycles. The maximum absolute atomic E-state index is 11.8. The van der Waals surface area contributed by atoms with Crippen molar-refractivity contribution >= 4 is 11.7 Å². The number of amides is 1. The molecule has 0 N–H and O–H groups in total. The summed E-state index contributed by atoms with van der Waals surface area (Å²) in [5.41, 5.74) is 2.48. The van der Waals surface area contributed by atoms with Crippen LogP contribution in [0.15, 0.2) is 12.1 Å². The molecule has 1 aromatic heterocycles. The van der Waals surface area contributed by atoms with E-state index in [1.54, 1.807) is 0 Å². The van der Waals surface area contributed by atoms with Gasteiger partial charge in [-0.1, -0.05) is 19.9 Å². The molecule has 1 unspecified atom stereocenters. The summed E-state index contributed by atoms with van der Waals surface area (Å²) in [5, 5.41) is 0. The van der Waals surface area contributed by atoms with Crippen molar-refractivity contribution in [3.05, 3.63) is 23.4 Å². The fraction of sp³-hybridized carbons (Fsp3) is 0.684. The lowest BCUT2D eigenvalue weighted by Crippen LogP contribution is -2.42. The van der Waals surface area contributed by atoms with Crippen LogP contribution in [0.4, 0.5) is 5.82 Å². The quantitative estimate of drug-likeness (QED) is 0.851. The predicted octanol–water partition coefficient (Wildman–Crippen LogP) is 2.64. The molecule has 24 heavy (non-hydrogen) atoms. The maximum Gasteiger partial charge on any atom is 0.222 e. The van der Waals surface area contributed by atoms with Crippen LogP contribution in [-0.2, 0) is 4.79 Å². The van der Waals surface area contributed by atoms with Crippen molar-refractivity contribution in [2.75, 3.05) is 39.1 Å². The zero-order valence-electron chi connectivity index (χ0n) is 15.6. The molecule has 2 aliphatic rings. The molecule has 0 aromatic carbocycles. The number of carbonyl (C=O) groups excluding carboxylic acids is 1. The minimum atomic E-state index is 0.278. The number of likely N-dealkylation sites (tertiary alicyclic amines) is 1. The van der Waals surface area contributed by atoms with Crippen LogP contribution in [0.3, 0.4) is 0 Å². The molecule has 1 saturated heterocycles. The highest BCUT2D eigenvalue weighted by Crippen LogP contribution is 2.36. The van der Waals surface area contributed by atoms with Gasteiger partial charge in [0.1, 0.15) is 5.82 Å². The SMILES string of the molecule is CC(C)c1ccc2c(n1)N(C)CCC2N(C)C[C@@H]1CCC(=O)N1C. The summed E-state index contributed by atoms with van der Waals surface area (Å²) in [6.07, 6.45) is 2.77. The Labute approximate surface area is 145 Å². The van der Waals surface area contributed by atoms with E-state index >= 15 is 0 Å². The van der Waals surface area contributed by atoms with Gasteiger partial charge >= 0.3 is 0 Å². The molecule has 0 radical (unpaired) electrons. The number of rotatable bonds is 4. The predicted molar refractivity (Wildman–Crippen MR) is 97.4 cm³/mol. The van der Waals surface area contributed by atoms with Gasteiger partial charge in [-0.05, 0) is 31.9 Å². The van der Waals surface area contributed by atoms with Crippen molar-refractivity contribution in [2.24, 2.45) is 0 Å². The van der Waals surface area contributed by atoms with Gasteiger partial charge in [0, 0.05) is 56.9 Å². The zero-order valence-corrected chi connectivity index (χ0v) is 15.6. The minimum absolute atomic E-state index is 0.278. The second-order valence-electron chi connectivity index (χ2n) is 7.67. The Morgan fingerprint density at radius 3 is 2.67 bits per heavy atom. The van der Waals surface area contributed by atoms with Crippen molar-refractivity contribution in [1.29, 1.82) is 0 Å². The molecule has 0 spiro atoms. The number of hydrogen-bond donors (Lipinski definition) is 0. The highest BCUT2D eigenvalue weighted by atomic mass is 16.2. The second kappa shape index (κ2) is 6.71. The van der Waals surface area contributed by atoms with Gasteiger partial charge < -0.3 is 9.80 Å². The van der Waals surface area contributed by atoms with Crippen molar-refractivity contribution in [1.82, 2.24) is 14.8 Å². The summed E-state index contributed by atoms with van der Waals surface area (Å²) >= 11 is 0. The van der Waals surface area contributed by atoms with Gasteiger partial charge in [-0.2, -0.15) is 0 Å². The van der Waals surface area contributed by atoms with Crippen LogP contribution in [0.1, 0.15) is 56.3 Å². The van der Waals surface area contributed by atoms with Crippen molar-refractivity contribution in [3.8, 4) is 0 Å². The number of hydrogen-bond acceptors (Lipinski definition) is 4. The molecule has 2 aliphatic heterocycles. The lowest BCUT2D eigenvalue weighted by molar-refractivity contribution is -0.127. The fourth-order valence-corrected chi connectivity index (χ4v) is 3.93. The Morgan fingerprint density at radius 1 is 1.29 bits per heavy atom. The first-order chi connectivity index (χ1) is 11.4. The number of fused-ring (bicyclic) bond motifs is 1. The van der Waals surface area contributed by atoms with E-state index in [4.69, 9.17) is 4.98 Å². The minimum Gasteiger partial charge on any atom is -0.359 e. The third kappa shape index (κ3) is 3.14. The summed E-state index contributed by atoms with van der Waals surface area (Å²) in [4.78, 5) is 23.3. The summed E-state index contributed by atoms with van der Waals surface area (Å²) < 4.78 is 0. The molecule has 1 fully saturated rings. The summed E-state index contributed by atoms with van der Waals surface area (Å²) in [6, 6.07) is 5.16. The molecule has 5 heteroatoms. The fourth-order valence-electron chi connectivity index (χ4n) is 3.93. The van der Waals surface area contributed by atoms with E-state index in [9.17, 15) is 4.79 Å². The van der Waals surface area contributed by atoms with Gasteiger partial charge in [0.25, 0.3) is 0 Å². The van der Waals surface area contributed by atoms with E-state index in [1.165, 1.54) is 5.56 Å². The maximum atomic E-state index is 11.8. The molecule has 2 atom stereocenters. The Kier molecular flexibility index (Phi) is 4.81. The van der Waals surface area contributed by atoms with E-state index in [1.807, 2.05) is 11.9 Å². The summed E-state index contributed by atoms with van der Waals surface area (Å²) in [7, 11) is 6.26. The van der Waals surface area contributed by atoms with Crippen molar-refractivity contribution < 1.29 is 4.79 Å². The second-order valence-corrected chi connectivity index (χ2v) is 7.67. The van der Waals surface area contributed by atoms with E-state index in [2.05, 4.69) is 49.9 Å². The zero-order chi connectivity index (χ0) is 17.4. The lowest BCUT2D eigenvalue weighted by atomic mass is 9.96. The number of nitrogens with zero attached hydrogens (tertiary/aromatic N) is 4. The van der Waals surface area contributed by atoms with Gasteiger partial charge in [0.05, 0.1) is 0 Å². The Morgan fingerprint density at radius 2 is 2.04 bits per heavy atom. The van der Waals surface area contributed by atoms with Crippen LogP contribution in [0, 0.1) is 0 Å². The van der Waals surface area contributed by atoms with E-state index in [0.717, 1.165) is 37.4 Å². The molecule has 1 amide bonds. The van der Waals surface area contributed by atoms with Crippen LogP contribution in [0.5, 0.6) is 0 Å². The normalized spacial score (nSPS) is 24.2. The van der Waals surface area contributed by atoms with E-state index in [0.29, 0.717) is 24.4 Å². The van der Waals surface area contributed by atoms with Gasteiger partial charge in [-0.3, -0.25) is 9.69 Å². The first-order valence-electron chi connectivity index (χ1n) is 9.06. The highest BCUT2D eigenvalue weighted by molar-refractivity contribution is 5.78. The smallest absolute Gasteiger partial charge is 0.222 e. The van der Waals surface area contributed by atoms with Crippen LogP contribution < -0.4 is 4.90 Å². The molecule has 1 aromatic rings. The monoisotopic (exact) mass is 330 g/mol. The van der Waals surface area contributed by atoms with E-state index in [-0.39, 0.29) is 5.91 Å². The number of anilines is 1.